The van der Waals surface area contributed by atoms with Gasteiger partial charge in [0.2, 0.25) is 5.88 Å². The minimum absolute atomic E-state index is 0.0765. The van der Waals surface area contributed by atoms with E-state index >= 15 is 0 Å². The first-order chi connectivity index (χ1) is 12.7. The number of ether oxygens (including phenoxy) is 1. The number of nitrogens with one attached hydrogen (secondary N) is 1. The molecule has 5 nitrogen and oxygen atoms in total. The molecule has 0 bridgehead atoms. The molecule has 2 heterocycles. The number of benzene rings is 1. The molecule has 1 aromatic carbocycles. The molecule has 8 heteroatoms. The zero-order valence-corrected chi connectivity index (χ0v) is 14.8. The van der Waals surface area contributed by atoms with Gasteiger partial charge in [-0.3, -0.25) is 0 Å². The van der Waals surface area contributed by atoms with Gasteiger partial charge in [0.15, 0.2) is 16.7 Å². The van der Waals surface area contributed by atoms with Crippen LogP contribution in [0.2, 0.25) is 0 Å². The first-order valence-electron chi connectivity index (χ1n) is 7.78. The van der Waals surface area contributed by atoms with Crippen molar-refractivity contribution in [1.82, 2.24) is 20.3 Å². The summed E-state index contributed by atoms with van der Waals surface area (Å²) in [6.45, 7) is 1.02. The second-order valence-electron chi connectivity index (χ2n) is 5.33. The number of hydrogen-bond acceptors (Lipinski definition) is 6. The van der Waals surface area contributed by atoms with Crippen molar-refractivity contribution in [2.45, 2.75) is 18.2 Å². The third kappa shape index (κ3) is 4.74. The van der Waals surface area contributed by atoms with Crippen LogP contribution < -0.4 is 10.1 Å². The molecule has 0 spiro atoms. The number of halogens is 2. The van der Waals surface area contributed by atoms with Crippen LogP contribution in [0.25, 0.3) is 0 Å². The Morgan fingerprint density at radius 1 is 1.08 bits per heavy atom. The normalized spacial score (nSPS) is 10.7. The monoisotopic (exact) mass is 374 g/mol. The van der Waals surface area contributed by atoms with Gasteiger partial charge in [-0.2, -0.15) is 0 Å². The second kappa shape index (κ2) is 8.68. The molecule has 3 aromatic rings. The topological polar surface area (TPSA) is 59.9 Å². The van der Waals surface area contributed by atoms with Gasteiger partial charge < -0.3 is 10.1 Å². The van der Waals surface area contributed by atoms with Gasteiger partial charge in [-0.15, -0.1) is 0 Å². The highest BCUT2D eigenvalue weighted by Crippen LogP contribution is 2.26. The summed E-state index contributed by atoms with van der Waals surface area (Å²) in [4.78, 5) is 12.6. The third-order valence-electron chi connectivity index (χ3n) is 3.46. The van der Waals surface area contributed by atoms with Crippen molar-refractivity contribution in [1.29, 1.82) is 0 Å². The van der Waals surface area contributed by atoms with Crippen LogP contribution in [0.5, 0.6) is 11.6 Å². The van der Waals surface area contributed by atoms with Gasteiger partial charge in [-0.1, -0.05) is 17.8 Å². The fourth-order valence-electron chi connectivity index (χ4n) is 2.19. The maximum absolute atomic E-state index is 13.8. The minimum Gasteiger partial charge on any atom is -0.436 e. The van der Waals surface area contributed by atoms with E-state index in [2.05, 4.69) is 20.3 Å². The molecule has 134 valence electrons. The number of thioether (sulfide) groups is 1. The molecule has 2 aromatic heterocycles. The molecule has 0 unspecified atom stereocenters. The van der Waals surface area contributed by atoms with E-state index in [1.807, 2.05) is 12.3 Å². The van der Waals surface area contributed by atoms with Crippen molar-refractivity contribution in [2.24, 2.45) is 0 Å². The molecular weight excluding hydrogens is 358 g/mol. The largest absolute Gasteiger partial charge is 0.436 e. The highest BCUT2D eigenvalue weighted by molar-refractivity contribution is 7.98. The molecule has 0 saturated heterocycles. The van der Waals surface area contributed by atoms with Crippen LogP contribution in [0.4, 0.5) is 8.78 Å². The fraction of sp³-hybridized carbons (Fsp3) is 0.167. The second-order valence-corrected chi connectivity index (χ2v) is 6.10. The Morgan fingerprint density at radius 2 is 1.88 bits per heavy atom. The van der Waals surface area contributed by atoms with Crippen molar-refractivity contribution in [3.63, 3.8) is 0 Å². The molecule has 0 saturated carbocycles. The average molecular weight is 374 g/mol. The van der Waals surface area contributed by atoms with Crippen molar-refractivity contribution < 1.29 is 13.5 Å². The van der Waals surface area contributed by atoms with E-state index in [0.29, 0.717) is 13.1 Å². The zero-order valence-electron chi connectivity index (χ0n) is 13.9. The predicted octanol–water partition coefficient (Wildman–Crippen LogP) is 3.95. The van der Waals surface area contributed by atoms with Crippen LogP contribution in [0.1, 0.15) is 11.1 Å². The molecule has 0 atom stereocenters. The van der Waals surface area contributed by atoms with E-state index in [-0.39, 0.29) is 11.6 Å². The van der Waals surface area contributed by atoms with Crippen LogP contribution in [0.3, 0.4) is 0 Å². The maximum atomic E-state index is 13.8. The first kappa shape index (κ1) is 18.2. The fourth-order valence-corrected chi connectivity index (χ4v) is 2.51. The Balaban J connectivity index is 1.65. The van der Waals surface area contributed by atoms with Gasteiger partial charge in [0.1, 0.15) is 5.82 Å². The number of nitrogens with zero attached hydrogens (tertiary/aromatic N) is 3. The van der Waals surface area contributed by atoms with E-state index in [1.54, 1.807) is 24.7 Å². The van der Waals surface area contributed by atoms with Crippen LogP contribution in [-0.4, -0.2) is 21.2 Å². The van der Waals surface area contributed by atoms with Crippen molar-refractivity contribution in [3.8, 4) is 11.6 Å². The molecule has 0 fully saturated rings. The Bertz CT molecular complexity index is 877. The highest BCUT2D eigenvalue weighted by Gasteiger charge is 2.10. The van der Waals surface area contributed by atoms with Crippen LogP contribution >= 0.6 is 11.8 Å². The van der Waals surface area contributed by atoms with Crippen molar-refractivity contribution in [3.05, 3.63) is 71.7 Å². The van der Waals surface area contributed by atoms with Gasteiger partial charge in [0.25, 0.3) is 0 Å². The van der Waals surface area contributed by atoms with Gasteiger partial charge in [0.05, 0.1) is 0 Å². The number of hydrogen-bond donors (Lipinski definition) is 1. The van der Waals surface area contributed by atoms with Crippen LogP contribution in [-0.2, 0) is 13.1 Å². The lowest BCUT2D eigenvalue weighted by Crippen LogP contribution is -2.14. The van der Waals surface area contributed by atoms with E-state index in [0.717, 1.165) is 28.4 Å². The van der Waals surface area contributed by atoms with E-state index in [9.17, 15) is 8.78 Å². The highest BCUT2D eigenvalue weighted by atomic mass is 32.2. The smallest absolute Gasteiger partial charge is 0.223 e. The van der Waals surface area contributed by atoms with E-state index in [1.165, 1.54) is 17.8 Å². The summed E-state index contributed by atoms with van der Waals surface area (Å²) in [5, 5.41) is 3.97. The maximum Gasteiger partial charge on any atom is 0.223 e. The van der Waals surface area contributed by atoms with Crippen molar-refractivity contribution in [2.75, 3.05) is 6.26 Å². The quantitative estimate of drug-likeness (QED) is 0.499. The lowest BCUT2D eigenvalue weighted by molar-refractivity contribution is 0.417. The Kier molecular flexibility index (Phi) is 6.08. The molecule has 26 heavy (non-hydrogen) atoms. The van der Waals surface area contributed by atoms with Gasteiger partial charge in [-0.25, -0.2) is 23.7 Å². The van der Waals surface area contributed by atoms with Crippen LogP contribution in [0.15, 0.2) is 54.1 Å². The standard InChI is InChI=1S/C18H16F2N4OS/c1-26-18-23-9-12(10-24-18)8-21-11-13-3-2-6-22-17(13)25-16-5-4-14(19)7-15(16)20/h2-7,9-10,21H,8,11H2,1H3. The lowest BCUT2D eigenvalue weighted by atomic mass is 10.2. The number of rotatable bonds is 7. The third-order valence-corrected chi connectivity index (χ3v) is 4.04. The molecule has 0 radical (unpaired) electrons. The summed E-state index contributed by atoms with van der Waals surface area (Å²) >= 11 is 1.48. The number of pyridine rings is 1. The molecule has 0 amide bonds. The summed E-state index contributed by atoms with van der Waals surface area (Å²) in [7, 11) is 0. The predicted molar refractivity (Wildman–Crippen MR) is 95.0 cm³/mol. The van der Waals surface area contributed by atoms with Gasteiger partial charge in [-0.05, 0) is 24.5 Å². The Morgan fingerprint density at radius 3 is 2.62 bits per heavy atom. The zero-order chi connectivity index (χ0) is 18.4. The summed E-state index contributed by atoms with van der Waals surface area (Å²) in [6.07, 6.45) is 7.00. The van der Waals surface area contributed by atoms with E-state index in [4.69, 9.17) is 4.74 Å². The molecular formula is C18H16F2N4OS. The molecule has 0 aliphatic carbocycles. The summed E-state index contributed by atoms with van der Waals surface area (Å²) < 4.78 is 32.3. The van der Waals surface area contributed by atoms with Crippen LogP contribution in [0, 0.1) is 11.6 Å². The lowest BCUT2D eigenvalue weighted by Gasteiger charge is -2.11. The molecule has 0 aliphatic rings. The summed E-state index contributed by atoms with van der Waals surface area (Å²) in [5.74, 6) is -1.25. The van der Waals surface area contributed by atoms with E-state index < -0.39 is 11.6 Å². The summed E-state index contributed by atoms with van der Waals surface area (Å²) in [6, 6.07) is 6.73. The van der Waals surface area contributed by atoms with Crippen molar-refractivity contribution >= 4 is 11.8 Å². The Hall–Kier alpha value is -2.58. The molecule has 3 rings (SSSR count). The first-order valence-corrected chi connectivity index (χ1v) is 9.00. The Labute approximate surface area is 153 Å². The SMILES string of the molecule is CSc1ncc(CNCc2cccnc2Oc2ccc(F)cc2F)cn1. The summed E-state index contributed by atoms with van der Waals surface area (Å²) in [5.41, 5.74) is 1.69. The van der Waals surface area contributed by atoms with Gasteiger partial charge >= 0.3 is 0 Å². The number of aromatic nitrogens is 3. The average Bonchev–Trinajstić information content (AvgIpc) is 2.66. The minimum atomic E-state index is -0.777. The molecule has 1 N–H and O–H groups in total. The molecule has 0 aliphatic heterocycles. The van der Waals surface area contributed by atoms with Gasteiger partial charge in [0, 0.05) is 48.9 Å².